The molecule has 0 saturated heterocycles. The highest BCUT2D eigenvalue weighted by molar-refractivity contribution is 8.00. The van der Waals surface area contributed by atoms with Gasteiger partial charge >= 0.3 is 7.62 Å². The molecule has 2 N–H and O–H groups in total. The largest absolute Gasteiger partial charge is 0.427 e. The number of aliphatic hydroxyl groups excluding tert-OH is 1. The van der Waals surface area contributed by atoms with Gasteiger partial charge in [0, 0.05) is 18.3 Å². The SMILES string of the molecule is CO[B]N[C@@H](COC(C)(C)C)[C@H](O)C#CCCCCCCCCCCCCCSC(C)(C)C. The molecule has 6 heteroatoms. The molecule has 0 unspecified atom stereocenters. The van der Waals surface area contributed by atoms with Crippen molar-refractivity contribution in [2.24, 2.45) is 0 Å². The van der Waals surface area contributed by atoms with Crippen molar-refractivity contribution in [3.63, 3.8) is 0 Å². The van der Waals surface area contributed by atoms with Gasteiger partial charge in [-0.2, -0.15) is 11.8 Å². The molecule has 0 saturated carbocycles. The molecule has 0 bridgehead atoms. The van der Waals surface area contributed by atoms with Gasteiger partial charge in [-0.15, -0.1) is 5.92 Å². The smallest absolute Gasteiger partial charge is 0.396 e. The standard InChI is InChI=1S/C27H53BNO3S/c1-26(2,3)32-23-24(29-28-31-7)25(30)21-19-17-15-13-11-9-8-10-12-14-16-18-20-22-33-27(4,5)6/h24-25,29-30H,8-18,20,22-23H2,1-7H3/t24-,25+/m0/s1. The van der Waals surface area contributed by atoms with Crippen molar-refractivity contribution < 1.29 is 14.5 Å². The fraction of sp³-hybridized carbons (Fsp3) is 0.926. The summed E-state index contributed by atoms with van der Waals surface area (Å²) in [5.74, 6) is 7.41. The minimum atomic E-state index is -0.781. The minimum absolute atomic E-state index is 0.259. The van der Waals surface area contributed by atoms with Crippen LogP contribution in [0.1, 0.15) is 119 Å². The van der Waals surface area contributed by atoms with Crippen LogP contribution in [-0.2, 0) is 9.39 Å². The maximum atomic E-state index is 10.4. The number of rotatable bonds is 19. The fourth-order valence-electron chi connectivity index (χ4n) is 3.29. The summed E-state index contributed by atoms with van der Waals surface area (Å²) in [7, 11) is 3.04. The van der Waals surface area contributed by atoms with E-state index in [1.54, 1.807) is 7.11 Å². The van der Waals surface area contributed by atoms with Crippen LogP contribution in [0.15, 0.2) is 0 Å². The molecule has 0 fully saturated rings. The van der Waals surface area contributed by atoms with Gasteiger partial charge in [0.2, 0.25) is 0 Å². The van der Waals surface area contributed by atoms with E-state index in [2.05, 4.69) is 49.6 Å². The van der Waals surface area contributed by atoms with Crippen LogP contribution in [0.25, 0.3) is 0 Å². The van der Waals surface area contributed by atoms with E-state index in [4.69, 9.17) is 9.39 Å². The highest BCUT2D eigenvalue weighted by Gasteiger charge is 2.21. The summed E-state index contributed by atoms with van der Waals surface area (Å²) in [5.41, 5.74) is -0.259. The summed E-state index contributed by atoms with van der Waals surface area (Å²) in [6, 6.07) is -0.306. The quantitative estimate of drug-likeness (QED) is 0.125. The minimum Gasteiger partial charge on any atom is -0.427 e. The highest BCUT2D eigenvalue weighted by Crippen LogP contribution is 2.24. The van der Waals surface area contributed by atoms with E-state index in [0.717, 1.165) is 12.8 Å². The number of hydrogen-bond acceptors (Lipinski definition) is 5. The first-order valence-electron chi connectivity index (χ1n) is 13.1. The second kappa shape index (κ2) is 20.1. The van der Waals surface area contributed by atoms with E-state index in [1.807, 2.05) is 20.8 Å². The van der Waals surface area contributed by atoms with Crippen LogP contribution in [-0.4, -0.2) is 54.7 Å². The third-order valence-electron chi connectivity index (χ3n) is 5.21. The summed E-state index contributed by atoms with van der Waals surface area (Å²) < 4.78 is 11.1. The van der Waals surface area contributed by atoms with Crippen LogP contribution in [0.2, 0.25) is 0 Å². The molecule has 0 aromatic carbocycles. The van der Waals surface area contributed by atoms with Gasteiger partial charge in [0.25, 0.3) is 0 Å². The summed E-state index contributed by atoms with van der Waals surface area (Å²) >= 11 is 2.09. The summed E-state index contributed by atoms with van der Waals surface area (Å²) in [6.07, 6.45) is 14.7. The summed E-state index contributed by atoms with van der Waals surface area (Å²) in [6.45, 7) is 13.3. The molecular formula is C27H53BNO3S. The molecule has 0 aromatic rings. The Kier molecular flexibility index (Phi) is 19.9. The lowest BCUT2D eigenvalue weighted by Crippen LogP contribution is -2.46. The molecule has 0 aromatic heterocycles. The predicted octanol–water partition coefficient (Wildman–Crippen LogP) is 6.52. The molecule has 0 aliphatic carbocycles. The lowest BCUT2D eigenvalue weighted by atomic mass is 10.0. The molecule has 0 aliphatic rings. The van der Waals surface area contributed by atoms with Gasteiger partial charge in [0.15, 0.2) is 0 Å². The number of nitrogens with one attached hydrogen (secondary N) is 1. The second-order valence-corrected chi connectivity index (χ2v) is 12.8. The highest BCUT2D eigenvalue weighted by atomic mass is 32.2. The molecule has 2 atom stereocenters. The van der Waals surface area contributed by atoms with E-state index in [1.165, 1.54) is 77.6 Å². The fourth-order valence-corrected chi connectivity index (χ4v) is 4.25. The van der Waals surface area contributed by atoms with Crippen LogP contribution in [0.3, 0.4) is 0 Å². The van der Waals surface area contributed by atoms with Gasteiger partial charge < -0.3 is 19.7 Å². The number of unbranched alkanes of at least 4 members (excludes halogenated alkanes) is 11. The number of thioether (sulfide) groups is 1. The predicted molar refractivity (Wildman–Crippen MR) is 147 cm³/mol. The summed E-state index contributed by atoms with van der Waals surface area (Å²) in [4.78, 5) is 0. The monoisotopic (exact) mass is 482 g/mol. The third-order valence-corrected chi connectivity index (χ3v) is 6.57. The van der Waals surface area contributed by atoms with Crippen molar-refractivity contribution in [2.75, 3.05) is 19.5 Å². The lowest BCUT2D eigenvalue weighted by molar-refractivity contribution is -0.0247. The van der Waals surface area contributed by atoms with Crippen molar-refractivity contribution in [1.29, 1.82) is 0 Å². The second-order valence-electron chi connectivity index (χ2n) is 10.9. The molecule has 0 heterocycles. The van der Waals surface area contributed by atoms with Crippen molar-refractivity contribution >= 4 is 19.4 Å². The molecule has 0 amide bonds. The zero-order valence-electron chi connectivity index (χ0n) is 22.8. The van der Waals surface area contributed by atoms with Crippen LogP contribution in [0, 0.1) is 11.8 Å². The first kappa shape index (κ1) is 32.8. The van der Waals surface area contributed by atoms with Crippen molar-refractivity contribution in [1.82, 2.24) is 5.23 Å². The molecule has 0 spiro atoms. The normalized spacial score (nSPS) is 13.9. The first-order chi connectivity index (χ1) is 15.5. The van der Waals surface area contributed by atoms with Gasteiger partial charge in [0.05, 0.1) is 18.2 Å². The van der Waals surface area contributed by atoms with E-state index in [-0.39, 0.29) is 11.6 Å². The molecule has 0 rings (SSSR count). The third kappa shape index (κ3) is 24.7. The Balaban J connectivity index is 3.68. The Morgan fingerprint density at radius 1 is 0.848 bits per heavy atom. The summed E-state index contributed by atoms with van der Waals surface area (Å²) in [5, 5.41) is 13.4. The van der Waals surface area contributed by atoms with Crippen molar-refractivity contribution in [3.05, 3.63) is 0 Å². The van der Waals surface area contributed by atoms with Gasteiger partial charge in [-0.25, -0.2) is 0 Å². The Bertz CT molecular complexity index is 508. The maximum absolute atomic E-state index is 10.4. The van der Waals surface area contributed by atoms with Crippen molar-refractivity contribution in [2.45, 2.75) is 141 Å². The average Bonchev–Trinajstić information content (AvgIpc) is 2.71. The zero-order valence-corrected chi connectivity index (χ0v) is 23.6. The van der Waals surface area contributed by atoms with Gasteiger partial charge in [0.1, 0.15) is 6.10 Å². The Hall–Kier alpha value is -0.185. The van der Waals surface area contributed by atoms with Crippen LogP contribution in [0.4, 0.5) is 0 Å². The molecular weight excluding hydrogens is 429 g/mol. The zero-order chi connectivity index (χ0) is 25.0. The lowest BCUT2D eigenvalue weighted by Gasteiger charge is -2.26. The average molecular weight is 483 g/mol. The molecule has 193 valence electrons. The van der Waals surface area contributed by atoms with Crippen molar-refractivity contribution in [3.8, 4) is 11.8 Å². The number of ether oxygens (including phenoxy) is 1. The Labute approximate surface area is 211 Å². The first-order valence-corrected chi connectivity index (χ1v) is 14.1. The number of aliphatic hydroxyl groups is 1. The van der Waals surface area contributed by atoms with E-state index < -0.39 is 6.10 Å². The Morgan fingerprint density at radius 3 is 1.85 bits per heavy atom. The van der Waals surface area contributed by atoms with E-state index in [9.17, 15) is 5.11 Å². The van der Waals surface area contributed by atoms with Gasteiger partial charge in [-0.3, -0.25) is 0 Å². The molecule has 1 radical (unpaired) electrons. The van der Waals surface area contributed by atoms with E-state index in [0.29, 0.717) is 11.4 Å². The van der Waals surface area contributed by atoms with Crippen LogP contribution < -0.4 is 5.23 Å². The maximum Gasteiger partial charge on any atom is 0.396 e. The Morgan fingerprint density at radius 2 is 1.36 bits per heavy atom. The molecule has 4 nitrogen and oxygen atoms in total. The van der Waals surface area contributed by atoms with Crippen LogP contribution >= 0.6 is 11.8 Å². The molecule has 0 aliphatic heterocycles. The topological polar surface area (TPSA) is 50.7 Å². The van der Waals surface area contributed by atoms with Crippen LogP contribution in [0.5, 0.6) is 0 Å². The van der Waals surface area contributed by atoms with Gasteiger partial charge in [-0.1, -0.05) is 84.5 Å². The van der Waals surface area contributed by atoms with Gasteiger partial charge in [-0.05, 0) is 39.4 Å². The number of hydrogen-bond donors (Lipinski definition) is 2. The molecule has 33 heavy (non-hydrogen) atoms. The van der Waals surface area contributed by atoms with E-state index >= 15 is 0 Å².